The lowest BCUT2D eigenvalue weighted by Gasteiger charge is -2.11. The number of carbonyl (C=O) groups is 2. The smallest absolute Gasteiger partial charge is 0.338 e. The largest absolute Gasteiger partial charge is 0.496 e. The van der Waals surface area contributed by atoms with E-state index in [0.29, 0.717) is 17.5 Å². The van der Waals surface area contributed by atoms with Gasteiger partial charge in [0, 0.05) is 11.8 Å². The first-order valence-electron chi connectivity index (χ1n) is 5.59. The zero-order chi connectivity index (χ0) is 13.5. The number of methoxy groups -OCH3 is 1. The fourth-order valence-electron chi connectivity index (χ4n) is 1.58. The molecule has 0 radical (unpaired) electrons. The van der Waals surface area contributed by atoms with Crippen molar-refractivity contribution in [1.82, 2.24) is 0 Å². The minimum Gasteiger partial charge on any atom is -0.496 e. The van der Waals surface area contributed by atoms with Gasteiger partial charge < -0.3 is 9.47 Å². The Balaban J connectivity index is 3.24. The number of benzene rings is 1. The van der Waals surface area contributed by atoms with Crippen LogP contribution in [0.2, 0.25) is 0 Å². The second kappa shape index (κ2) is 7.16. The average molecular weight is 315 g/mol. The molecule has 5 heteroatoms. The average Bonchev–Trinajstić information content (AvgIpc) is 2.38. The van der Waals surface area contributed by atoms with Crippen molar-refractivity contribution in [2.75, 3.05) is 19.0 Å². The summed E-state index contributed by atoms with van der Waals surface area (Å²) in [5.74, 6) is -0.256. The molecule has 18 heavy (non-hydrogen) atoms. The molecule has 0 unspecified atom stereocenters. The number of hydrogen-bond donors (Lipinski definition) is 0. The zero-order valence-corrected chi connectivity index (χ0v) is 12.0. The molecular formula is C13H15BrO4. The predicted octanol–water partition coefficient (Wildman–Crippen LogP) is 2.84. The number of halogens is 1. The lowest BCUT2D eigenvalue weighted by atomic mass is 10.0. The summed E-state index contributed by atoms with van der Waals surface area (Å²) in [6, 6.07) is 4.89. The van der Waals surface area contributed by atoms with Crippen LogP contribution in [0, 0.1) is 0 Å². The van der Waals surface area contributed by atoms with Crippen LogP contribution in [0.3, 0.4) is 0 Å². The van der Waals surface area contributed by atoms with Crippen molar-refractivity contribution in [3.8, 4) is 5.75 Å². The maximum atomic E-state index is 12.0. The van der Waals surface area contributed by atoms with Crippen LogP contribution in [-0.4, -0.2) is 30.8 Å². The van der Waals surface area contributed by atoms with Gasteiger partial charge in [-0.2, -0.15) is 0 Å². The van der Waals surface area contributed by atoms with Gasteiger partial charge in [-0.25, -0.2) is 4.79 Å². The van der Waals surface area contributed by atoms with Gasteiger partial charge in [-0.15, -0.1) is 0 Å². The lowest BCUT2D eigenvalue weighted by molar-refractivity contribution is 0.0522. The van der Waals surface area contributed by atoms with E-state index in [-0.39, 0.29) is 23.5 Å². The normalized spacial score (nSPS) is 9.94. The molecule has 0 spiro atoms. The maximum absolute atomic E-state index is 12.0. The van der Waals surface area contributed by atoms with Gasteiger partial charge in [0.25, 0.3) is 0 Å². The number of ether oxygens (including phenoxy) is 2. The Hall–Kier alpha value is -1.36. The van der Waals surface area contributed by atoms with Crippen molar-refractivity contribution >= 4 is 27.7 Å². The Morgan fingerprint density at radius 1 is 1.33 bits per heavy atom. The minimum atomic E-state index is -0.505. The van der Waals surface area contributed by atoms with E-state index in [1.807, 2.05) is 0 Å². The second-order valence-corrected chi connectivity index (χ2v) is 4.26. The monoisotopic (exact) mass is 314 g/mol. The molecule has 0 bridgehead atoms. The summed E-state index contributed by atoms with van der Waals surface area (Å²) >= 11 is 3.21. The van der Waals surface area contributed by atoms with Crippen molar-refractivity contribution in [3.63, 3.8) is 0 Å². The molecule has 1 rings (SSSR count). The number of esters is 1. The zero-order valence-electron chi connectivity index (χ0n) is 10.4. The highest BCUT2D eigenvalue weighted by atomic mass is 79.9. The van der Waals surface area contributed by atoms with Crippen LogP contribution < -0.4 is 4.74 Å². The Morgan fingerprint density at radius 3 is 2.61 bits per heavy atom. The fourth-order valence-corrected chi connectivity index (χ4v) is 1.94. The molecule has 98 valence electrons. The van der Waals surface area contributed by atoms with E-state index in [9.17, 15) is 9.59 Å². The lowest BCUT2D eigenvalue weighted by Crippen LogP contribution is -2.13. The molecule has 0 N–H and O–H groups in total. The molecule has 0 amide bonds. The van der Waals surface area contributed by atoms with Gasteiger partial charge in [0.05, 0.1) is 24.8 Å². The molecule has 0 aliphatic rings. The minimum absolute atomic E-state index is 0.146. The molecule has 0 aliphatic heterocycles. The second-order valence-electron chi connectivity index (χ2n) is 3.47. The highest BCUT2D eigenvalue weighted by Crippen LogP contribution is 2.24. The van der Waals surface area contributed by atoms with Crippen LogP contribution in [0.25, 0.3) is 0 Å². The molecule has 0 saturated carbocycles. The fraction of sp³-hybridized carbons (Fsp3) is 0.385. The van der Waals surface area contributed by atoms with Gasteiger partial charge in [-0.1, -0.05) is 22.0 Å². The standard InChI is InChI=1S/C13H15BrO4/c1-3-18-13(16)9-5-4-6-11(17-2)12(9)10(15)7-8-14/h4-6H,3,7-8H2,1-2H3. The SMILES string of the molecule is CCOC(=O)c1cccc(OC)c1C(=O)CCBr. The molecule has 1 aromatic carbocycles. The summed E-state index contributed by atoms with van der Waals surface area (Å²) in [7, 11) is 1.47. The molecule has 0 atom stereocenters. The number of ketones is 1. The van der Waals surface area contributed by atoms with Crippen molar-refractivity contribution in [1.29, 1.82) is 0 Å². The third-order valence-corrected chi connectivity index (χ3v) is 2.74. The summed E-state index contributed by atoms with van der Waals surface area (Å²) in [6.45, 7) is 1.99. The predicted molar refractivity (Wildman–Crippen MR) is 71.7 cm³/mol. The molecule has 0 heterocycles. The summed E-state index contributed by atoms with van der Waals surface area (Å²) in [4.78, 5) is 23.8. The number of hydrogen-bond acceptors (Lipinski definition) is 4. The van der Waals surface area contributed by atoms with Gasteiger partial charge in [0.1, 0.15) is 5.75 Å². The Kier molecular flexibility index (Phi) is 5.85. The number of rotatable bonds is 6. The van der Waals surface area contributed by atoms with Crippen LogP contribution in [-0.2, 0) is 4.74 Å². The van der Waals surface area contributed by atoms with E-state index in [4.69, 9.17) is 9.47 Å². The topological polar surface area (TPSA) is 52.6 Å². The molecule has 0 fully saturated rings. The van der Waals surface area contributed by atoms with Crippen molar-refractivity contribution in [2.45, 2.75) is 13.3 Å². The summed E-state index contributed by atoms with van der Waals surface area (Å²) in [5, 5.41) is 0.534. The first-order chi connectivity index (χ1) is 8.65. The molecule has 0 saturated heterocycles. The van der Waals surface area contributed by atoms with Crippen molar-refractivity contribution < 1.29 is 19.1 Å². The molecular weight excluding hydrogens is 300 g/mol. The third kappa shape index (κ3) is 3.32. The number of Topliss-reactive ketones (excluding diaryl/α,β-unsaturated/α-hetero) is 1. The highest BCUT2D eigenvalue weighted by Gasteiger charge is 2.21. The van der Waals surface area contributed by atoms with Crippen LogP contribution >= 0.6 is 15.9 Å². The van der Waals surface area contributed by atoms with Gasteiger partial charge >= 0.3 is 5.97 Å². The van der Waals surface area contributed by atoms with Crippen LogP contribution in [0.4, 0.5) is 0 Å². The van der Waals surface area contributed by atoms with Gasteiger partial charge in [-0.3, -0.25) is 4.79 Å². The van der Waals surface area contributed by atoms with Gasteiger partial charge in [0.2, 0.25) is 0 Å². The first kappa shape index (κ1) is 14.7. The summed E-state index contributed by atoms with van der Waals surface area (Å²) < 4.78 is 10.1. The van der Waals surface area contributed by atoms with Crippen LogP contribution in [0.1, 0.15) is 34.1 Å². The number of carbonyl (C=O) groups excluding carboxylic acids is 2. The summed E-state index contributed by atoms with van der Waals surface area (Å²) in [5.41, 5.74) is 0.542. The van der Waals surface area contributed by atoms with Crippen LogP contribution in [0.5, 0.6) is 5.75 Å². The van der Waals surface area contributed by atoms with E-state index in [2.05, 4.69) is 15.9 Å². The third-order valence-electron chi connectivity index (χ3n) is 2.34. The Labute approximate surface area is 114 Å². The number of alkyl halides is 1. The molecule has 1 aromatic rings. The van der Waals surface area contributed by atoms with E-state index in [1.165, 1.54) is 7.11 Å². The summed E-state index contributed by atoms with van der Waals surface area (Å²) in [6.07, 6.45) is 0.298. The highest BCUT2D eigenvalue weighted by molar-refractivity contribution is 9.09. The molecule has 0 aromatic heterocycles. The molecule has 4 nitrogen and oxygen atoms in total. The van der Waals surface area contributed by atoms with Crippen molar-refractivity contribution in [3.05, 3.63) is 29.3 Å². The van der Waals surface area contributed by atoms with E-state index < -0.39 is 5.97 Å². The Morgan fingerprint density at radius 2 is 2.06 bits per heavy atom. The van der Waals surface area contributed by atoms with E-state index in [0.717, 1.165) is 0 Å². The first-order valence-corrected chi connectivity index (χ1v) is 6.71. The van der Waals surface area contributed by atoms with Crippen LogP contribution in [0.15, 0.2) is 18.2 Å². The van der Waals surface area contributed by atoms with Crippen molar-refractivity contribution in [2.24, 2.45) is 0 Å². The molecule has 0 aliphatic carbocycles. The van der Waals surface area contributed by atoms with E-state index in [1.54, 1.807) is 25.1 Å². The van der Waals surface area contributed by atoms with E-state index >= 15 is 0 Å². The van der Waals surface area contributed by atoms with Gasteiger partial charge in [-0.05, 0) is 19.1 Å². The Bertz CT molecular complexity index is 443. The van der Waals surface area contributed by atoms with Gasteiger partial charge in [0.15, 0.2) is 5.78 Å². The maximum Gasteiger partial charge on any atom is 0.338 e. The quantitative estimate of drug-likeness (QED) is 0.460.